The average Bonchev–Trinajstić information content (AvgIpc) is 2.74. The number of rotatable bonds is 3. The summed E-state index contributed by atoms with van der Waals surface area (Å²) in [5.74, 6) is -3.63. The third-order valence-corrected chi connectivity index (χ3v) is 6.72. The van der Waals surface area contributed by atoms with E-state index in [1.165, 1.54) is 17.7 Å². The molecule has 0 saturated heterocycles. The zero-order valence-electron chi connectivity index (χ0n) is 18.3. The summed E-state index contributed by atoms with van der Waals surface area (Å²) >= 11 is 0. The van der Waals surface area contributed by atoms with E-state index in [-0.39, 0.29) is 22.0 Å². The molecular weight excluding hydrogens is 412 g/mol. The van der Waals surface area contributed by atoms with Gasteiger partial charge in [0.1, 0.15) is 0 Å². The molecule has 0 saturated carbocycles. The predicted octanol–water partition coefficient (Wildman–Crippen LogP) is 5.57. The Balaban J connectivity index is 1.64. The monoisotopic (exact) mass is 437 g/mol. The number of carboxylic acids is 1. The van der Waals surface area contributed by atoms with Crippen LogP contribution in [-0.2, 0) is 0 Å². The van der Waals surface area contributed by atoms with Crippen molar-refractivity contribution in [1.82, 2.24) is 4.90 Å². The van der Waals surface area contributed by atoms with Gasteiger partial charge in [-0.3, -0.25) is 4.79 Å². The van der Waals surface area contributed by atoms with Gasteiger partial charge in [-0.15, -0.1) is 0 Å². The Morgan fingerprint density at radius 1 is 1.00 bits per heavy atom. The van der Waals surface area contributed by atoms with Crippen LogP contribution < -0.4 is 0 Å². The van der Waals surface area contributed by atoms with Crippen LogP contribution in [0.1, 0.15) is 53.5 Å². The van der Waals surface area contributed by atoms with Gasteiger partial charge in [-0.1, -0.05) is 56.7 Å². The second-order valence-corrected chi connectivity index (χ2v) is 9.29. The summed E-state index contributed by atoms with van der Waals surface area (Å²) in [6.07, 6.45) is 4.84. The molecule has 1 amide bonds. The summed E-state index contributed by atoms with van der Waals surface area (Å²) in [4.78, 5) is 25.7. The van der Waals surface area contributed by atoms with Crippen LogP contribution in [0.3, 0.4) is 0 Å². The largest absolute Gasteiger partial charge is 0.478 e. The van der Waals surface area contributed by atoms with Crippen LogP contribution in [0.2, 0.25) is 0 Å². The fourth-order valence-corrected chi connectivity index (χ4v) is 5.20. The van der Waals surface area contributed by atoms with Gasteiger partial charge in [0.15, 0.2) is 11.6 Å². The number of amides is 1. The Morgan fingerprint density at radius 3 is 2.34 bits per heavy atom. The normalized spacial score (nSPS) is 22.0. The Kier molecular flexibility index (Phi) is 5.27. The lowest BCUT2D eigenvalue weighted by Crippen LogP contribution is -2.48. The van der Waals surface area contributed by atoms with E-state index in [1.807, 2.05) is 18.2 Å². The highest BCUT2D eigenvalue weighted by Gasteiger charge is 2.46. The maximum Gasteiger partial charge on any atom is 0.335 e. The SMILES string of the molecule is CC1(C)C(c2ccc(C(=O)O)cc2)=CC[C@]2(C)CN(C(=O)c3cccc(F)c3F)CC=C12. The van der Waals surface area contributed by atoms with Crippen LogP contribution in [0.5, 0.6) is 0 Å². The number of carboxylic acid groups (broad SMARTS) is 1. The van der Waals surface area contributed by atoms with E-state index in [0.717, 1.165) is 17.2 Å². The highest BCUT2D eigenvalue weighted by Crippen LogP contribution is 2.55. The van der Waals surface area contributed by atoms with E-state index >= 15 is 0 Å². The van der Waals surface area contributed by atoms with Gasteiger partial charge < -0.3 is 10.0 Å². The fraction of sp³-hybridized carbons (Fsp3) is 0.308. The van der Waals surface area contributed by atoms with E-state index in [4.69, 9.17) is 5.11 Å². The quantitative estimate of drug-likeness (QED) is 0.639. The Bertz CT molecular complexity index is 1160. The van der Waals surface area contributed by atoms with Crippen molar-refractivity contribution in [3.63, 3.8) is 0 Å². The molecule has 32 heavy (non-hydrogen) atoms. The van der Waals surface area contributed by atoms with Crippen molar-refractivity contribution >= 4 is 17.4 Å². The molecule has 0 radical (unpaired) electrons. The van der Waals surface area contributed by atoms with E-state index in [1.54, 1.807) is 17.0 Å². The van der Waals surface area contributed by atoms with Crippen LogP contribution in [0.25, 0.3) is 5.57 Å². The maximum atomic E-state index is 14.2. The lowest BCUT2D eigenvalue weighted by molar-refractivity contribution is 0.0673. The van der Waals surface area contributed by atoms with Crippen LogP contribution >= 0.6 is 0 Å². The van der Waals surface area contributed by atoms with E-state index in [9.17, 15) is 18.4 Å². The number of allylic oxidation sites excluding steroid dienone is 2. The maximum absolute atomic E-state index is 14.2. The summed E-state index contributed by atoms with van der Waals surface area (Å²) in [5, 5.41) is 9.16. The molecule has 0 fully saturated rings. The van der Waals surface area contributed by atoms with Crippen molar-refractivity contribution in [3.05, 3.63) is 88.5 Å². The smallest absolute Gasteiger partial charge is 0.335 e. The first kappa shape index (κ1) is 21.9. The molecule has 166 valence electrons. The lowest BCUT2D eigenvalue weighted by atomic mass is 9.58. The molecule has 1 heterocycles. The zero-order chi connectivity index (χ0) is 23.3. The van der Waals surface area contributed by atoms with Crippen LogP contribution in [0, 0.1) is 22.5 Å². The minimum absolute atomic E-state index is 0.239. The van der Waals surface area contributed by atoms with Crippen LogP contribution in [0.4, 0.5) is 8.78 Å². The summed E-state index contributed by atoms with van der Waals surface area (Å²) < 4.78 is 27.8. The van der Waals surface area contributed by atoms with Crippen molar-refractivity contribution in [2.45, 2.75) is 27.2 Å². The molecule has 2 aromatic rings. The number of hydrogen-bond acceptors (Lipinski definition) is 2. The summed E-state index contributed by atoms with van der Waals surface area (Å²) in [7, 11) is 0. The minimum Gasteiger partial charge on any atom is -0.478 e. The molecule has 0 bridgehead atoms. The molecule has 2 aliphatic rings. The van der Waals surface area contributed by atoms with Gasteiger partial charge in [-0.05, 0) is 41.8 Å². The lowest BCUT2D eigenvalue weighted by Gasteiger charge is -2.50. The van der Waals surface area contributed by atoms with E-state index < -0.39 is 23.5 Å². The summed E-state index contributed by atoms with van der Waals surface area (Å²) in [6.45, 7) is 7.05. The molecule has 1 aliphatic heterocycles. The first-order valence-electron chi connectivity index (χ1n) is 10.5. The van der Waals surface area contributed by atoms with Gasteiger partial charge in [0.05, 0.1) is 11.1 Å². The molecule has 1 aliphatic carbocycles. The molecule has 0 unspecified atom stereocenters. The standard InChI is InChI=1S/C26H25F2NO3/c1-25(2)19(16-7-9-17(10-8-16)24(31)32)11-13-26(3)15-29(14-12-21(25)26)23(30)18-5-4-6-20(27)22(18)28/h4-12H,13-15H2,1-3H3,(H,31,32)/t26-/m1/s1. The summed E-state index contributed by atoms with van der Waals surface area (Å²) in [6, 6.07) is 10.5. The molecule has 2 aromatic carbocycles. The second kappa shape index (κ2) is 7.69. The van der Waals surface area contributed by atoms with Crippen molar-refractivity contribution in [2.24, 2.45) is 10.8 Å². The van der Waals surface area contributed by atoms with Gasteiger partial charge in [0.25, 0.3) is 5.91 Å². The molecular formula is C26H25F2NO3. The average molecular weight is 437 g/mol. The topological polar surface area (TPSA) is 57.6 Å². The number of fused-ring (bicyclic) bond motifs is 1. The van der Waals surface area contributed by atoms with Gasteiger partial charge >= 0.3 is 5.97 Å². The Morgan fingerprint density at radius 2 is 1.69 bits per heavy atom. The van der Waals surface area contributed by atoms with E-state index in [2.05, 4.69) is 26.8 Å². The highest BCUT2D eigenvalue weighted by atomic mass is 19.2. The zero-order valence-corrected chi connectivity index (χ0v) is 18.3. The number of carbonyl (C=O) groups is 2. The third kappa shape index (κ3) is 3.53. The van der Waals surface area contributed by atoms with Gasteiger partial charge in [-0.25, -0.2) is 13.6 Å². The van der Waals surface area contributed by atoms with Gasteiger partial charge in [0, 0.05) is 23.9 Å². The molecule has 0 aromatic heterocycles. The van der Waals surface area contributed by atoms with Crippen molar-refractivity contribution in [1.29, 1.82) is 0 Å². The van der Waals surface area contributed by atoms with Crippen LogP contribution in [0.15, 0.2) is 60.2 Å². The number of benzene rings is 2. The molecule has 4 nitrogen and oxygen atoms in total. The predicted molar refractivity (Wildman–Crippen MR) is 118 cm³/mol. The first-order chi connectivity index (χ1) is 15.0. The van der Waals surface area contributed by atoms with Crippen LogP contribution in [-0.4, -0.2) is 35.0 Å². The second-order valence-electron chi connectivity index (χ2n) is 9.29. The van der Waals surface area contributed by atoms with Crippen molar-refractivity contribution < 1.29 is 23.5 Å². The number of nitrogens with zero attached hydrogens (tertiary/aromatic N) is 1. The molecule has 6 heteroatoms. The minimum atomic E-state index is -1.12. The fourth-order valence-electron chi connectivity index (χ4n) is 5.20. The Labute approximate surface area is 185 Å². The van der Waals surface area contributed by atoms with Crippen molar-refractivity contribution in [2.75, 3.05) is 13.1 Å². The number of aromatic carboxylic acids is 1. The van der Waals surface area contributed by atoms with Crippen molar-refractivity contribution in [3.8, 4) is 0 Å². The number of carbonyl (C=O) groups excluding carboxylic acids is 1. The van der Waals surface area contributed by atoms with Gasteiger partial charge in [-0.2, -0.15) is 0 Å². The molecule has 4 rings (SSSR count). The summed E-state index contributed by atoms with van der Waals surface area (Å²) in [5.41, 5.74) is 2.56. The highest BCUT2D eigenvalue weighted by molar-refractivity contribution is 5.95. The number of hydrogen-bond donors (Lipinski definition) is 1. The molecule has 0 spiro atoms. The van der Waals surface area contributed by atoms with E-state index in [0.29, 0.717) is 19.5 Å². The molecule has 1 atom stereocenters. The number of halogens is 2. The first-order valence-corrected chi connectivity index (χ1v) is 10.5. The third-order valence-electron chi connectivity index (χ3n) is 6.72. The molecule has 1 N–H and O–H groups in total. The Hall–Kier alpha value is -3.28. The van der Waals surface area contributed by atoms with Gasteiger partial charge in [0.2, 0.25) is 0 Å².